The first-order chi connectivity index (χ1) is 22.1. The van der Waals surface area contributed by atoms with Crippen LogP contribution in [0.4, 0.5) is 10.5 Å². The highest BCUT2D eigenvalue weighted by Crippen LogP contribution is 2.33. The molecule has 3 N–H and O–H groups in total. The highest BCUT2D eigenvalue weighted by molar-refractivity contribution is 6.31. The molecule has 0 radical (unpaired) electrons. The number of carbonyl (C=O) groups is 4. The molecule has 0 saturated carbocycles. The fourth-order valence-electron chi connectivity index (χ4n) is 4.53. The lowest BCUT2D eigenvalue weighted by Crippen LogP contribution is -2.50. The van der Waals surface area contributed by atoms with Gasteiger partial charge in [-0.05, 0) is 76.6 Å². The Labute approximate surface area is 276 Å². The largest absolute Gasteiger partial charge is 0.495 e. The first-order valence-electron chi connectivity index (χ1n) is 14.4. The molecule has 3 aromatic rings. The van der Waals surface area contributed by atoms with Crippen molar-refractivity contribution in [3.63, 3.8) is 0 Å². The summed E-state index contributed by atoms with van der Waals surface area (Å²) in [5.74, 6) is -2.57. The summed E-state index contributed by atoms with van der Waals surface area (Å²) in [5.41, 5.74) is 0.0184. The number of pyridine rings is 1. The van der Waals surface area contributed by atoms with Gasteiger partial charge in [0.2, 0.25) is 5.91 Å². The zero-order chi connectivity index (χ0) is 35.1. The number of aliphatic carboxylic acids is 1. The minimum Gasteiger partial charge on any atom is -0.495 e. The molecule has 248 valence electrons. The zero-order valence-electron chi connectivity index (χ0n) is 26.6. The number of esters is 1. The molecule has 3 rings (SSSR count). The smallest absolute Gasteiger partial charge is 0.408 e. The minimum absolute atomic E-state index is 0.0533. The maximum atomic E-state index is 13.3. The number of methoxy groups -OCH3 is 1. The summed E-state index contributed by atoms with van der Waals surface area (Å²) in [6.07, 6.45) is -0.608. The maximum absolute atomic E-state index is 13.3. The number of aromatic nitrogens is 1. The molecule has 0 saturated heterocycles. The number of carboxylic acid groups (broad SMARTS) is 1. The van der Waals surface area contributed by atoms with Gasteiger partial charge in [0.25, 0.3) is 5.56 Å². The van der Waals surface area contributed by atoms with Crippen LogP contribution >= 0.6 is 11.6 Å². The normalized spacial score (nSPS) is 12.9. The summed E-state index contributed by atoms with van der Waals surface area (Å²) >= 11 is 6.14. The molecule has 1 heterocycles. The van der Waals surface area contributed by atoms with Gasteiger partial charge in [0.1, 0.15) is 23.5 Å². The van der Waals surface area contributed by atoms with Crippen molar-refractivity contribution in [1.29, 1.82) is 5.26 Å². The lowest BCUT2D eigenvalue weighted by atomic mass is 10.00. The van der Waals surface area contributed by atoms with Gasteiger partial charge in [-0.25, -0.2) is 14.4 Å². The lowest BCUT2D eigenvalue weighted by Gasteiger charge is -2.25. The molecule has 47 heavy (non-hydrogen) atoms. The molecular weight excluding hydrogens is 632 g/mol. The van der Waals surface area contributed by atoms with Crippen LogP contribution in [0.25, 0.3) is 11.1 Å². The quantitative estimate of drug-likeness (QED) is 0.231. The van der Waals surface area contributed by atoms with Gasteiger partial charge in [0.05, 0.1) is 30.5 Å². The molecule has 0 aliphatic heterocycles. The molecule has 2 aromatic carbocycles. The van der Waals surface area contributed by atoms with Crippen LogP contribution in [0.15, 0.2) is 59.5 Å². The van der Waals surface area contributed by atoms with Crippen molar-refractivity contribution in [1.82, 2.24) is 9.88 Å². The molecule has 2 amide bonds. The number of carbonyl (C=O) groups excluding carboxylic acids is 3. The standard InChI is InChI=1S/C33H35ClN4O9/c1-7-25(38-17-26(45-6)24(15-27(38)39)23-14-21(34)11-8-20(23)16-35)29(40)36-22-12-9-19(10-13-22)31(43)46-18(2)28(30(41)42)37-32(44)47-33(3,4)5/h8-15,17-18,25,28H,7H2,1-6H3,(H,36,40)(H,37,44)(H,41,42)/t18-,25?,28+/m1/s1. The Kier molecular flexibility index (Phi) is 11.8. The molecule has 3 atom stereocenters. The fourth-order valence-corrected chi connectivity index (χ4v) is 4.70. The molecule has 0 bridgehead atoms. The van der Waals surface area contributed by atoms with Crippen molar-refractivity contribution < 1.29 is 38.5 Å². The lowest BCUT2D eigenvalue weighted by molar-refractivity contribution is -0.142. The number of anilines is 1. The number of carboxylic acids is 1. The second-order valence-electron chi connectivity index (χ2n) is 11.4. The highest BCUT2D eigenvalue weighted by Gasteiger charge is 2.32. The van der Waals surface area contributed by atoms with Gasteiger partial charge in [0.15, 0.2) is 6.04 Å². The Hall–Kier alpha value is -5.35. The van der Waals surface area contributed by atoms with Gasteiger partial charge in [-0.2, -0.15) is 5.26 Å². The summed E-state index contributed by atoms with van der Waals surface area (Å²) in [6, 6.07) is 11.1. The predicted molar refractivity (Wildman–Crippen MR) is 172 cm³/mol. The Balaban J connectivity index is 1.75. The minimum atomic E-state index is -1.58. The van der Waals surface area contributed by atoms with Gasteiger partial charge in [-0.3, -0.25) is 14.2 Å². The molecule has 1 unspecified atom stereocenters. The number of ether oxygens (including phenoxy) is 3. The number of alkyl carbamates (subject to hydrolysis) is 1. The SMILES string of the molecule is CCC(C(=O)Nc1ccc(C(=O)O[C@H](C)[C@H](NC(=O)OC(C)(C)C)C(=O)O)cc1)n1cc(OC)c(-c2cc(Cl)ccc2C#N)cc1=O. The van der Waals surface area contributed by atoms with E-state index in [1.54, 1.807) is 39.8 Å². The van der Waals surface area contributed by atoms with Crippen LogP contribution in [-0.4, -0.2) is 58.5 Å². The van der Waals surface area contributed by atoms with E-state index in [0.717, 1.165) is 0 Å². The fraction of sp³-hybridized carbons (Fsp3) is 0.333. The van der Waals surface area contributed by atoms with Gasteiger partial charge in [-0.1, -0.05) is 18.5 Å². The van der Waals surface area contributed by atoms with E-state index in [4.69, 9.17) is 25.8 Å². The molecule has 0 fully saturated rings. The van der Waals surface area contributed by atoms with Crippen molar-refractivity contribution in [3.05, 3.63) is 81.2 Å². The zero-order valence-corrected chi connectivity index (χ0v) is 27.4. The number of nitriles is 1. The number of nitrogens with one attached hydrogen (secondary N) is 2. The molecule has 13 nitrogen and oxygen atoms in total. The van der Waals surface area contributed by atoms with Gasteiger partial charge < -0.3 is 30.0 Å². The molecular formula is C33H35ClN4O9. The van der Waals surface area contributed by atoms with Crippen LogP contribution in [0.3, 0.4) is 0 Å². The van der Waals surface area contributed by atoms with E-state index in [1.165, 1.54) is 61.2 Å². The van der Waals surface area contributed by atoms with Crippen molar-refractivity contribution in [3.8, 4) is 22.9 Å². The number of halogens is 1. The third-order valence-corrected chi connectivity index (χ3v) is 7.01. The van der Waals surface area contributed by atoms with E-state index < -0.39 is 53.3 Å². The Morgan fingerprint density at radius 1 is 1.06 bits per heavy atom. The second kappa shape index (κ2) is 15.3. The van der Waals surface area contributed by atoms with Crippen LogP contribution in [0.1, 0.15) is 63.0 Å². The number of rotatable bonds is 11. The van der Waals surface area contributed by atoms with Gasteiger partial charge in [-0.15, -0.1) is 0 Å². The molecule has 0 spiro atoms. The first kappa shape index (κ1) is 36.1. The Morgan fingerprint density at radius 3 is 2.28 bits per heavy atom. The summed E-state index contributed by atoms with van der Waals surface area (Å²) in [4.78, 5) is 63.1. The van der Waals surface area contributed by atoms with Crippen molar-refractivity contribution >= 4 is 41.2 Å². The van der Waals surface area contributed by atoms with E-state index in [1.807, 2.05) is 0 Å². The van der Waals surface area contributed by atoms with Gasteiger partial charge in [0, 0.05) is 27.9 Å². The topological polar surface area (TPSA) is 186 Å². The first-order valence-corrected chi connectivity index (χ1v) is 14.8. The van der Waals surface area contributed by atoms with E-state index >= 15 is 0 Å². The Morgan fingerprint density at radius 2 is 1.72 bits per heavy atom. The molecule has 0 aliphatic carbocycles. The summed E-state index contributed by atoms with van der Waals surface area (Å²) in [7, 11) is 1.40. The third-order valence-electron chi connectivity index (χ3n) is 6.77. The van der Waals surface area contributed by atoms with Crippen LogP contribution < -0.4 is 20.9 Å². The van der Waals surface area contributed by atoms with E-state index in [9.17, 15) is 34.3 Å². The Bertz CT molecular complexity index is 1760. The summed E-state index contributed by atoms with van der Waals surface area (Å²) in [5, 5.41) is 24.4. The predicted octanol–water partition coefficient (Wildman–Crippen LogP) is 5.16. The van der Waals surface area contributed by atoms with Crippen LogP contribution in [0.5, 0.6) is 5.75 Å². The highest BCUT2D eigenvalue weighted by atomic mass is 35.5. The van der Waals surface area contributed by atoms with Gasteiger partial charge >= 0.3 is 18.0 Å². The number of hydrogen-bond donors (Lipinski definition) is 3. The van der Waals surface area contributed by atoms with Crippen molar-refractivity contribution in [2.75, 3.05) is 12.4 Å². The van der Waals surface area contributed by atoms with Crippen LogP contribution in [0.2, 0.25) is 5.02 Å². The number of hydrogen-bond acceptors (Lipinski definition) is 9. The molecule has 0 aliphatic rings. The second-order valence-corrected chi connectivity index (χ2v) is 11.8. The molecule has 14 heteroatoms. The number of amides is 2. The average Bonchev–Trinajstić information content (AvgIpc) is 3.00. The van der Waals surface area contributed by atoms with Crippen LogP contribution in [-0.2, 0) is 19.1 Å². The monoisotopic (exact) mass is 666 g/mol. The third kappa shape index (κ3) is 9.34. The van der Waals surface area contributed by atoms with Crippen molar-refractivity contribution in [2.45, 2.75) is 64.8 Å². The van der Waals surface area contributed by atoms with E-state index in [2.05, 4.69) is 16.7 Å². The summed E-state index contributed by atoms with van der Waals surface area (Å²) in [6.45, 7) is 7.89. The van der Waals surface area contributed by atoms with Crippen LogP contribution in [0, 0.1) is 11.3 Å². The maximum Gasteiger partial charge on any atom is 0.408 e. The average molecular weight is 667 g/mol. The van der Waals surface area contributed by atoms with E-state index in [0.29, 0.717) is 21.8 Å². The summed E-state index contributed by atoms with van der Waals surface area (Å²) < 4.78 is 17.1. The number of nitrogens with zero attached hydrogens (tertiary/aromatic N) is 2. The van der Waals surface area contributed by atoms with Crippen molar-refractivity contribution in [2.24, 2.45) is 0 Å². The molecule has 1 aromatic heterocycles. The van der Waals surface area contributed by atoms with E-state index in [-0.39, 0.29) is 23.3 Å². The number of benzene rings is 2.